The highest BCUT2D eigenvalue weighted by atomic mass is 16.3. The van der Waals surface area contributed by atoms with E-state index >= 15 is 0 Å². The van der Waals surface area contributed by atoms with Gasteiger partial charge in [0.2, 0.25) is 0 Å². The van der Waals surface area contributed by atoms with Crippen LogP contribution in [0.25, 0.3) is 33.3 Å². The minimum Gasteiger partial charge on any atom is -0.508 e. The number of amides is 1. The van der Waals surface area contributed by atoms with Crippen LogP contribution in [0, 0.1) is 0 Å². The van der Waals surface area contributed by atoms with Gasteiger partial charge in [-0.3, -0.25) is 10.1 Å². The maximum absolute atomic E-state index is 13.7. The highest BCUT2D eigenvalue weighted by molar-refractivity contribution is 5.98. The summed E-state index contributed by atoms with van der Waals surface area (Å²) in [5.74, 6) is 0.508. The van der Waals surface area contributed by atoms with Gasteiger partial charge >= 0.3 is 0 Å². The van der Waals surface area contributed by atoms with Crippen LogP contribution in [-0.4, -0.2) is 72.4 Å². The molecule has 2 aromatic carbocycles. The lowest BCUT2D eigenvalue weighted by Gasteiger charge is -2.28. The standard InChI is InChI=1S/C32H37N5O6/c38-16-22(17-39)34-32(42)28(13-21-15-33-26-8-7-24(40)14-25(21)26)36-31(41)19-6-9-29-27(12-19)35-30(20-10-11-43-18-20)37(29)23-4-2-1-3-5-23/h6-12,14-15,18,22-23,28,32-34,38-40,42H,1-5,13,16-17H2,(H,36,41)/t28-,32?/m0/s1. The summed E-state index contributed by atoms with van der Waals surface area (Å²) in [6, 6.07) is 11.0. The molecule has 6 rings (SSSR count). The molecule has 3 aromatic heterocycles. The predicted octanol–water partition coefficient (Wildman–Crippen LogP) is 3.59. The molecular formula is C32H37N5O6. The molecule has 0 radical (unpaired) electrons. The second kappa shape index (κ2) is 12.6. The number of nitrogens with zero attached hydrogens (tertiary/aromatic N) is 2. The van der Waals surface area contributed by atoms with E-state index in [-0.39, 0.29) is 12.2 Å². The van der Waals surface area contributed by atoms with Gasteiger partial charge in [-0.1, -0.05) is 19.3 Å². The van der Waals surface area contributed by atoms with Gasteiger partial charge in [-0.2, -0.15) is 0 Å². The van der Waals surface area contributed by atoms with E-state index < -0.39 is 37.4 Å². The summed E-state index contributed by atoms with van der Waals surface area (Å²) in [4.78, 5) is 21.7. The maximum atomic E-state index is 13.7. The number of aliphatic hydroxyl groups excluding tert-OH is 3. The Bertz CT molecular complexity index is 1680. The second-order valence-electron chi connectivity index (χ2n) is 11.3. The molecule has 0 bridgehead atoms. The summed E-state index contributed by atoms with van der Waals surface area (Å²) in [7, 11) is 0. The van der Waals surface area contributed by atoms with Crippen molar-refractivity contribution in [2.75, 3.05) is 13.2 Å². The predicted molar refractivity (Wildman–Crippen MR) is 162 cm³/mol. The number of aromatic nitrogens is 3. The number of hydrogen-bond donors (Lipinski definition) is 7. The Hall–Kier alpha value is -4.16. The molecule has 11 heteroatoms. The van der Waals surface area contributed by atoms with Crippen molar-refractivity contribution < 1.29 is 29.6 Å². The minimum absolute atomic E-state index is 0.101. The van der Waals surface area contributed by atoms with Crippen LogP contribution in [-0.2, 0) is 6.42 Å². The summed E-state index contributed by atoms with van der Waals surface area (Å²) >= 11 is 0. The zero-order valence-electron chi connectivity index (χ0n) is 23.7. The number of H-pyrrole nitrogens is 1. The van der Waals surface area contributed by atoms with Gasteiger partial charge in [-0.15, -0.1) is 0 Å². The zero-order chi connectivity index (χ0) is 29.9. The van der Waals surface area contributed by atoms with Crippen molar-refractivity contribution in [3.05, 3.63) is 72.3 Å². The summed E-state index contributed by atoms with van der Waals surface area (Å²) in [5.41, 5.74) is 4.48. The van der Waals surface area contributed by atoms with Crippen LogP contribution in [0.1, 0.15) is 54.1 Å². The average Bonchev–Trinajstić information content (AvgIpc) is 3.78. The fraction of sp³-hybridized carbons (Fsp3) is 0.375. The quantitative estimate of drug-likeness (QED) is 0.115. The molecule has 0 saturated heterocycles. The molecule has 7 N–H and O–H groups in total. The topological polar surface area (TPSA) is 169 Å². The number of nitrogens with one attached hydrogen (secondary N) is 3. The third kappa shape index (κ3) is 6.02. The number of carbonyl (C=O) groups is 1. The maximum Gasteiger partial charge on any atom is 0.251 e. The van der Waals surface area contributed by atoms with Crippen molar-refractivity contribution in [1.82, 2.24) is 25.2 Å². The summed E-state index contributed by atoms with van der Waals surface area (Å²) in [6.07, 6.45) is 9.69. The second-order valence-corrected chi connectivity index (χ2v) is 11.3. The molecule has 11 nitrogen and oxygen atoms in total. The van der Waals surface area contributed by atoms with Crippen molar-refractivity contribution in [3.63, 3.8) is 0 Å². The van der Waals surface area contributed by atoms with Gasteiger partial charge < -0.3 is 39.7 Å². The summed E-state index contributed by atoms with van der Waals surface area (Å²) in [6.45, 7) is -0.789. The highest BCUT2D eigenvalue weighted by Gasteiger charge is 2.27. The first-order valence-corrected chi connectivity index (χ1v) is 14.8. The van der Waals surface area contributed by atoms with Crippen LogP contribution in [0.4, 0.5) is 0 Å². The number of hydrogen-bond acceptors (Lipinski definition) is 8. The first-order valence-electron chi connectivity index (χ1n) is 14.8. The third-order valence-corrected chi connectivity index (χ3v) is 8.41. The molecule has 5 aromatic rings. The number of phenols is 1. The van der Waals surface area contributed by atoms with E-state index in [1.54, 1.807) is 49.1 Å². The third-order valence-electron chi connectivity index (χ3n) is 8.41. The molecular weight excluding hydrogens is 550 g/mol. The van der Waals surface area contributed by atoms with Crippen LogP contribution in [0.15, 0.2) is 65.6 Å². The Kier molecular flexibility index (Phi) is 8.48. The number of aliphatic hydroxyl groups is 3. The van der Waals surface area contributed by atoms with Crippen LogP contribution >= 0.6 is 0 Å². The molecule has 1 amide bonds. The lowest BCUT2D eigenvalue weighted by atomic mass is 9.95. The fourth-order valence-electron chi connectivity index (χ4n) is 6.13. The van der Waals surface area contributed by atoms with E-state index in [0.717, 1.165) is 59.1 Å². The van der Waals surface area contributed by atoms with E-state index in [0.29, 0.717) is 17.1 Å². The SMILES string of the molecule is O=C(N[C@@H](Cc1c[nH]c2ccc(O)cc12)C(O)NC(CO)CO)c1ccc2c(c1)nc(-c1ccoc1)n2C1CCCCC1. The Morgan fingerprint density at radius 3 is 2.65 bits per heavy atom. The van der Waals surface area contributed by atoms with E-state index in [4.69, 9.17) is 9.40 Å². The van der Waals surface area contributed by atoms with Gasteiger partial charge in [0.25, 0.3) is 5.91 Å². The average molecular weight is 588 g/mol. The first kappa shape index (κ1) is 28.9. The van der Waals surface area contributed by atoms with Crippen LogP contribution in [0.3, 0.4) is 0 Å². The number of carbonyl (C=O) groups excluding carboxylic acids is 1. The minimum atomic E-state index is -1.29. The monoisotopic (exact) mass is 587 g/mol. The van der Waals surface area contributed by atoms with Gasteiger partial charge in [0.1, 0.15) is 24.1 Å². The normalized spacial score (nSPS) is 15.8. The molecule has 2 atom stereocenters. The van der Waals surface area contributed by atoms with E-state index in [1.807, 2.05) is 12.1 Å². The van der Waals surface area contributed by atoms with E-state index in [2.05, 4.69) is 20.2 Å². The van der Waals surface area contributed by atoms with Crippen molar-refractivity contribution in [2.45, 2.75) is 62.9 Å². The van der Waals surface area contributed by atoms with E-state index in [9.17, 15) is 25.2 Å². The van der Waals surface area contributed by atoms with Gasteiger partial charge in [0.15, 0.2) is 0 Å². The number of fused-ring (bicyclic) bond motifs is 2. The number of aromatic hydroxyl groups is 1. The molecule has 3 heterocycles. The number of phenolic OH excluding ortho intramolecular Hbond substituents is 1. The van der Waals surface area contributed by atoms with Gasteiger partial charge in [0.05, 0.1) is 48.2 Å². The number of aromatic amines is 1. The molecule has 1 fully saturated rings. The zero-order valence-corrected chi connectivity index (χ0v) is 23.7. The molecule has 1 aliphatic carbocycles. The van der Waals surface area contributed by atoms with Gasteiger partial charge in [-0.05, 0) is 67.3 Å². The van der Waals surface area contributed by atoms with Gasteiger partial charge in [-0.25, -0.2) is 4.98 Å². The number of rotatable bonds is 11. The number of imidazole rings is 1. The van der Waals surface area contributed by atoms with E-state index in [1.165, 1.54) is 6.42 Å². The number of benzene rings is 2. The fourth-order valence-corrected chi connectivity index (χ4v) is 6.13. The molecule has 226 valence electrons. The van der Waals surface area contributed by atoms with Crippen molar-refractivity contribution in [1.29, 1.82) is 0 Å². The Balaban J connectivity index is 1.31. The largest absolute Gasteiger partial charge is 0.508 e. The smallest absolute Gasteiger partial charge is 0.251 e. The Labute approximate surface area is 248 Å². The summed E-state index contributed by atoms with van der Waals surface area (Å²) in [5, 5.41) is 46.7. The highest BCUT2D eigenvalue weighted by Crippen LogP contribution is 2.36. The van der Waals surface area contributed by atoms with Crippen LogP contribution in [0.5, 0.6) is 5.75 Å². The van der Waals surface area contributed by atoms with Gasteiger partial charge in [0, 0.05) is 28.7 Å². The lowest BCUT2D eigenvalue weighted by Crippen LogP contribution is -2.55. The molecule has 1 saturated carbocycles. The molecule has 0 aliphatic heterocycles. The first-order chi connectivity index (χ1) is 20.9. The molecule has 1 unspecified atom stereocenters. The van der Waals surface area contributed by atoms with Crippen molar-refractivity contribution >= 4 is 27.8 Å². The lowest BCUT2D eigenvalue weighted by molar-refractivity contribution is 0.0499. The number of furan rings is 1. The Morgan fingerprint density at radius 2 is 1.91 bits per heavy atom. The Morgan fingerprint density at radius 1 is 1.09 bits per heavy atom. The molecule has 43 heavy (non-hydrogen) atoms. The molecule has 0 spiro atoms. The van der Waals surface area contributed by atoms with Crippen molar-refractivity contribution in [3.8, 4) is 17.1 Å². The summed E-state index contributed by atoms with van der Waals surface area (Å²) < 4.78 is 7.63. The molecule has 1 aliphatic rings. The van der Waals surface area contributed by atoms with Crippen molar-refractivity contribution in [2.24, 2.45) is 0 Å². The van der Waals surface area contributed by atoms with Crippen LogP contribution < -0.4 is 10.6 Å². The van der Waals surface area contributed by atoms with Crippen LogP contribution in [0.2, 0.25) is 0 Å².